The van der Waals surface area contributed by atoms with Crippen LogP contribution in [-0.4, -0.2) is 40.9 Å². The zero-order chi connectivity index (χ0) is 28.5. The number of ether oxygens (including phenoxy) is 2. The van der Waals surface area contributed by atoms with Crippen LogP contribution in [0.3, 0.4) is 0 Å². The lowest BCUT2D eigenvalue weighted by Crippen LogP contribution is -2.34. The van der Waals surface area contributed by atoms with E-state index in [-0.39, 0.29) is 23.6 Å². The van der Waals surface area contributed by atoms with Crippen LogP contribution in [0.1, 0.15) is 68.1 Å². The highest BCUT2D eigenvalue weighted by molar-refractivity contribution is 5.99. The molecular formula is C31H35N3O5. The Morgan fingerprint density at radius 1 is 1.21 bits per heavy atom. The topological polar surface area (TPSA) is 90.7 Å². The minimum atomic E-state index is -0.635. The standard InChI is InChI=1S/C31H35N3O5/c1-8-11-19-16-26(33(7)30(37)39-31(4,5)6)32-17-24(19)22-14-15-23-27(21(22)9-2)34(20-12-13-20)18-25(28(23)35)29(36)38-10-3/h8-9,14-18,20H,1-2,10-13H2,3-7H3. The molecule has 39 heavy (non-hydrogen) atoms. The number of aromatic nitrogens is 2. The average Bonchev–Trinajstić information content (AvgIpc) is 3.72. The lowest BCUT2D eigenvalue weighted by Gasteiger charge is -2.25. The normalized spacial score (nSPS) is 13.2. The molecule has 2 aromatic heterocycles. The van der Waals surface area contributed by atoms with E-state index in [1.807, 2.05) is 37.5 Å². The average molecular weight is 530 g/mol. The number of amides is 1. The van der Waals surface area contributed by atoms with Crippen molar-refractivity contribution in [1.29, 1.82) is 0 Å². The molecule has 0 radical (unpaired) electrons. The summed E-state index contributed by atoms with van der Waals surface area (Å²) in [6, 6.07) is 5.63. The zero-order valence-corrected chi connectivity index (χ0v) is 23.2. The largest absolute Gasteiger partial charge is 0.462 e. The van der Waals surface area contributed by atoms with Crippen molar-refractivity contribution in [3.8, 4) is 11.1 Å². The van der Waals surface area contributed by atoms with Crippen molar-refractivity contribution in [2.75, 3.05) is 18.6 Å². The molecule has 1 aromatic carbocycles. The van der Waals surface area contributed by atoms with Crippen molar-refractivity contribution >= 4 is 34.9 Å². The van der Waals surface area contributed by atoms with E-state index in [9.17, 15) is 14.4 Å². The van der Waals surface area contributed by atoms with Crippen LogP contribution in [0.2, 0.25) is 0 Å². The molecule has 0 saturated heterocycles. The molecule has 204 valence electrons. The SMILES string of the molecule is C=CCc1cc(N(C)C(=O)OC(C)(C)C)ncc1-c1ccc2c(=O)c(C(=O)OCC)cn(C3CC3)c2c1C=C. The third-order valence-electron chi connectivity index (χ3n) is 6.51. The number of hydrogen-bond donors (Lipinski definition) is 0. The second-order valence-electron chi connectivity index (χ2n) is 10.6. The second kappa shape index (κ2) is 10.9. The van der Waals surface area contributed by atoms with Crippen molar-refractivity contribution in [2.45, 2.75) is 58.6 Å². The first-order valence-electron chi connectivity index (χ1n) is 13.1. The third-order valence-corrected chi connectivity index (χ3v) is 6.51. The summed E-state index contributed by atoms with van der Waals surface area (Å²) < 4.78 is 12.7. The fraction of sp³-hybridized carbons (Fsp3) is 0.355. The van der Waals surface area contributed by atoms with Gasteiger partial charge in [0.25, 0.3) is 0 Å². The van der Waals surface area contributed by atoms with E-state index in [4.69, 9.17) is 9.47 Å². The number of rotatable bonds is 8. The number of nitrogens with zero attached hydrogens (tertiary/aromatic N) is 3. The zero-order valence-electron chi connectivity index (χ0n) is 23.2. The summed E-state index contributed by atoms with van der Waals surface area (Å²) in [6.07, 6.45) is 8.80. The minimum Gasteiger partial charge on any atom is -0.462 e. The van der Waals surface area contributed by atoms with Crippen LogP contribution in [0.4, 0.5) is 10.6 Å². The van der Waals surface area contributed by atoms with Crippen LogP contribution < -0.4 is 10.3 Å². The fourth-order valence-electron chi connectivity index (χ4n) is 4.57. The molecule has 0 spiro atoms. The van der Waals surface area contributed by atoms with Gasteiger partial charge in [-0.05, 0) is 70.2 Å². The number of carbonyl (C=O) groups is 2. The van der Waals surface area contributed by atoms with Gasteiger partial charge in [0.1, 0.15) is 17.0 Å². The van der Waals surface area contributed by atoms with Crippen LogP contribution in [0, 0.1) is 0 Å². The number of esters is 1. The Morgan fingerprint density at radius 2 is 1.92 bits per heavy atom. The van der Waals surface area contributed by atoms with Crippen LogP contribution >= 0.6 is 0 Å². The summed E-state index contributed by atoms with van der Waals surface area (Å²) in [5, 5.41) is 0.436. The van der Waals surface area contributed by atoms with Gasteiger partial charge in [-0.1, -0.05) is 24.8 Å². The minimum absolute atomic E-state index is 0.0301. The summed E-state index contributed by atoms with van der Waals surface area (Å²) in [6.45, 7) is 15.3. The van der Waals surface area contributed by atoms with Crippen molar-refractivity contribution in [3.63, 3.8) is 0 Å². The quantitative estimate of drug-likeness (QED) is 0.251. The number of allylic oxidation sites excluding steroid dienone is 1. The Balaban J connectivity index is 1.89. The number of pyridine rings is 2. The maximum Gasteiger partial charge on any atom is 0.415 e. The van der Waals surface area contributed by atoms with Gasteiger partial charge in [0.15, 0.2) is 0 Å². The van der Waals surface area contributed by atoms with Crippen LogP contribution in [0.15, 0.2) is 54.6 Å². The summed E-state index contributed by atoms with van der Waals surface area (Å²) in [5.74, 6) is -0.176. The van der Waals surface area contributed by atoms with Gasteiger partial charge in [0.2, 0.25) is 5.43 Å². The van der Waals surface area contributed by atoms with Crippen LogP contribution in [-0.2, 0) is 15.9 Å². The number of anilines is 1. The fourth-order valence-corrected chi connectivity index (χ4v) is 4.57. The van der Waals surface area contributed by atoms with Gasteiger partial charge in [-0.25, -0.2) is 14.6 Å². The van der Waals surface area contributed by atoms with Gasteiger partial charge in [-0.15, -0.1) is 6.58 Å². The molecule has 3 aromatic rings. The van der Waals surface area contributed by atoms with Gasteiger partial charge in [-0.2, -0.15) is 0 Å². The Kier molecular flexibility index (Phi) is 7.77. The Bertz CT molecular complexity index is 1530. The number of benzene rings is 1. The Labute approximate surface area is 228 Å². The van der Waals surface area contributed by atoms with E-state index in [2.05, 4.69) is 18.1 Å². The molecule has 0 bridgehead atoms. The molecule has 2 heterocycles. The third kappa shape index (κ3) is 5.65. The lowest BCUT2D eigenvalue weighted by atomic mass is 9.92. The van der Waals surface area contributed by atoms with E-state index in [0.717, 1.165) is 40.6 Å². The molecule has 4 rings (SSSR count). The van der Waals surface area contributed by atoms with Gasteiger partial charge in [0.05, 0.1) is 12.1 Å². The van der Waals surface area contributed by atoms with Crippen molar-refractivity contribution in [2.24, 2.45) is 0 Å². The summed E-state index contributed by atoms with van der Waals surface area (Å²) in [7, 11) is 1.62. The number of carbonyl (C=O) groups excluding carboxylic acids is 2. The molecule has 1 saturated carbocycles. The molecule has 1 aliphatic carbocycles. The molecule has 0 N–H and O–H groups in total. The Morgan fingerprint density at radius 3 is 2.51 bits per heavy atom. The maximum atomic E-state index is 13.4. The predicted octanol–water partition coefficient (Wildman–Crippen LogP) is 6.32. The smallest absolute Gasteiger partial charge is 0.415 e. The summed E-state index contributed by atoms with van der Waals surface area (Å²) in [5.41, 5.74) is 3.09. The first-order chi connectivity index (χ1) is 18.5. The lowest BCUT2D eigenvalue weighted by molar-refractivity contribution is 0.0522. The van der Waals surface area contributed by atoms with Crippen molar-refractivity contribution in [1.82, 2.24) is 9.55 Å². The molecule has 0 unspecified atom stereocenters. The number of hydrogen-bond acceptors (Lipinski definition) is 6. The van der Waals surface area contributed by atoms with E-state index < -0.39 is 17.7 Å². The highest BCUT2D eigenvalue weighted by Crippen LogP contribution is 2.40. The highest BCUT2D eigenvalue weighted by atomic mass is 16.6. The maximum absolute atomic E-state index is 13.4. The van der Waals surface area contributed by atoms with Crippen molar-refractivity contribution < 1.29 is 19.1 Å². The van der Waals surface area contributed by atoms with E-state index in [1.54, 1.807) is 44.6 Å². The summed E-state index contributed by atoms with van der Waals surface area (Å²) in [4.78, 5) is 44.5. The molecule has 0 atom stereocenters. The first kappa shape index (κ1) is 27.8. The second-order valence-corrected chi connectivity index (χ2v) is 10.6. The molecule has 8 nitrogen and oxygen atoms in total. The highest BCUT2D eigenvalue weighted by Gasteiger charge is 2.29. The van der Waals surface area contributed by atoms with E-state index in [1.165, 1.54) is 4.90 Å². The molecular weight excluding hydrogens is 494 g/mol. The van der Waals surface area contributed by atoms with Gasteiger partial charge in [0, 0.05) is 42.0 Å². The van der Waals surface area contributed by atoms with Gasteiger partial charge in [-0.3, -0.25) is 9.69 Å². The summed E-state index contributed by atoms with van der Waals surface area (Å²) >= 11 is 0. The molecule has 8 heteroatoms. The molecule has 1 amide bonds. The van der Waals surface area contributed by atoms with Crippen LogP contribution in [0.5, 0.6) is 0 Å². The predicted molar refractivity (Wildman–Crippen MR) is 154 cm³/mol. The van der Waals surface area contributed by atoms with Crippen LogP contribution in [0.25, 0.3) is 28.1 Å². The Hall–Kier alpha value is -4.20. The van der Waals surface area contributed by atoms with Gasteiger partial charge >= 0.3 is 12.1 Å². The number of fused-ring (bicyclic) bond motifs is 1. The van der Waals surface area contributed by atoms with Crippen molar-refractivity contribution in [3.05, 3.63) is 76.7 Å². The van der Waals surface area contributed by atoms with Gasteiger partial charge < -0.3 is 14.0 Å². The molecule has 1 aliphatic rings. The molecule has 1 fully saturated rings. The molecule has 0 aliphatic heterocycles. The van der Waals surface area contributed by atoms with E-state index >= 15 is 0 Å². The first-order valence-corrected chi connectivity index (χ1v) is 13.1. The van der Waals surface area contributed by atoms with E-state index in [0.29, 0.717) is 17.6 Å². The monoisotopic (exact) mass is 529 g/mol.